The molecular formula is C11H14O5. The summed E-state index contributed by atoms with van der Waals surface area (Å²) in [5.41, 5.74) is -0.636. The van der Waals surface area contributed by atoms with Crippen LogP contribution in [0.1, 0.15) is 19.8 Å². The Kier molecular flexibility index (Phi) is 3.49. The topological polar surface area (TPSA) is 94.8 Å². The van der Waals surface area contributed by atoms with Gasteiger partial charge in [-0.05, 0) is 25.3 Å². The standard InChI is InChI=1S/C11H14O5/c1-7-2-3-11(4-5-12,10(15)16)6-8(7)9(13)14/h2-3,12H,4-6H2,1H3,(H,13,14)(H,15,16). The Morgan fingerprint density at radius 2 is 2.06 bits per heavy atom. The third-order valence-electron chi connectivity index (χ3n) is 2.86. The highest BCUT2D eigenvalue weighted by Gasteiger charge is 2.39. The van der Waals surface area contributed by atoms with Crippen LogP contribution >= 0.6 is 0 Å². The van der Waals surface area contributed by atoms with E-state index in [4.69, 9.17) is 15.3 Å². The van der Waals surface area contributed by atoms with Crippen LogP contribution in [0, 0.1) is 5.41 Å². The monoisotopic (exact) mass is 226 g/mol. The van der Waals surface area contributed by atoms with Crippen LogP contribution in [0.2, 0.25) is 0 Å². The molecule has 0 fully saturated rings. The minimum atomic E-state index is -1.29. The molecule has 3 N–H and O–H groups in total. The number of hydrogen-bond donors (Lipinski definition) is 3. The maximum Gasteiger partial charge on any atom is 0.331 e. The molecule has 1 atom stereocenters. The third kappa shape index (κ3) is 2.14. The number of aliphatic hydroxyl groups excluding tert-OH is 1. The average molecular weight is 226 g/mol. The normalized spacial score (nSPS) is 24.6. The lowest BCUT2D eigenvalue weighted by molar-refractivity contribution is -0.147. The van der Waals surface area contributed by atoms with E-state index in [0.29, 0.717) is 5.57 Å². The lowest BCUT2D eigenvalue weighted by Crippen LogP contribution is -2.33. The van der Waals surface area contributed by atoms with Gasteiger partial charge in [0.1, 0.15) is 0 Å². The second-order valence-electron chi connectivity index (χ2n) is 3.91. The minimum Gasteiger partial charge on any atom is -0.481 e. The number of hydrogen-bond acceptors (Lipinski definition) is 3. The Bertz CT molecular complexity index is 380. The van der Waals surface area contributed by atoms with E-state index >= 15 is 0 Å². The summed E-state index contributed by atoms with van der Waals surface area (Å²) in [5, 5.41) is 26.9. The summed E-state index contributed by atoms with van der Waals surface area (Å²) < 4.78 is 0. The van der Waals surface area contributed by atoms with Gasteiger partial charge in [-0.1, -0.05) is 12.2 Å². The fraction of sp³-hybridized carbons (Fsp3) is 0.455. The largest absolute Gasteiger partial charge is 0.481 e. The maximum atomic E-state index is 11.2. The molecule has 0 aromatic heterocycles. The highest BCUT2D eigenvalue weighted by molar-refractivity contribution is 5.91. The van der Waals surface area contributed by atoms with E-state index < -0.39 is 17.4 Å². The summed E-state index contributed by atoms with van der Waals surface area (Å²) in [4.78, 5) is 22.1. The van der Waals surface area contributed by atoms with Gasteiger partial charge in [-0.25, -0.2) is 4.79 Å². The summed E-state index contributed by atoms with van der Waals surface area (Å²) in [6, 6.07) is 0. The first-order valence-corrected chi connectivity index (χ1v) is 4.89. The van der Waals surface area contributed by atoms with E-state index in [0.717, 1.165) is 0 Å². The molecule has 5 heteroatoms. The maximum absolute atomic E-state index is 11.2. The number of carboxylic acids is 2. The van der Waals surface area contributed by atoms with E-state index in [9.17, 15) is 9.59 Å². The first-order chi connectivity index (χ1) is 7.43. The van der Waals surface area contributed by atoms with Crippen molar-refractivity contribution < 1.29 is 24.9 Å². The molecule has 0 bridgehead atoms. The fourth-order valence-corrected chi connectivity index (χ4v) is 1.77. The van der Waals surface area contributed by atoms with Gasteiger partial charge >= 0.3 is 11.9 Å². The average Bonchev–Trinajstić information content (AvgIpc) is 2.20. The second kappa shape index (κ2) is 4.49. The summed E-state index contributed by atoms with van der Waals surface area (Å²) in [6.45, 7) is 1.34. The number of aliphatic hydroxyl groups is 1. The molecule has 0 spiro atoms. The Balaban J connectivity index is 3.09. The van der Waals surface area contributed by atoms with Crippen molar-refractivity contribution in [2.24, 2.45) is 5.41 Å². The Labute approximate surface area is 92.7 Å². The van der Waals surface area contributed by atoms with Gasteiger partial charge in [0.25, 0.3) is 0 Å². The molecule has 1 aliphatic rings. The predicted molar refractivity (Wildman–Crippen MR) is 55.9 cm³/mol. The van der Waals surface area contributed by atoms with Gasteiger partial charge in [-0.15, -0.1) is 0 Å². The Morgan fingerprint density at radius 3 is 2.50 bits per heavy atom. The smallest absolute Gasteiger partial charge is 0.331 e. The van der Waals surface area contributed by atoms with Crippen LogP contribution in [0.25, 0.3) is 0 Å². The zero-order valence-electron chi connectivity index (χ0n) is 8.93. The molecule has 5 nitrogen and oxygen atoms in total. The molecule has 0 heterocycles. The molecule has 0 aliphatic heterocycles. The number of carboxylic acid groups (broad SMARTS) is 2. The van der Waals surface area contributed by atoms with Gasteiger partial charge in [0.2, 0.25) is 0 Å². The van der Waals surface area contributed by atoms with Crippen LogP contribution in [0.3, 0.4) is 0 Å². The van der Waals surface area contributed by atoms with Crippen LogP contribution in [0.5, 0.6) is 0 Å². The molecule has 1 rings (SSSR count). The van der Waals surface area contributed by atoms with Crippen molar-refractivity contribution >= 4 is 11.9 Å². The van der Waals surface area contributed by atoms with Gasteiger partial charge in [0.15, 0.2) is 0 Å². The first-order valence-electron chi connectivity index (χ1n) is 4.89. The van der Waals surface area contributed by atoms with Gasteiger partial charge in [-0.3, -0.25) is 4.79 Å². The zero-order chi connectivity index (χ0) is 12.3. The van der Waals surface area contributed by atoms with Crippen LogP contribution in [0.4, 0.5) is 0 Å². The van der Waals surface area contributed by atoms with Crippen molar-refractivity contribution in [2.45, 2.75) is 19.8 Å². The molecule has 0 aromatic rings. The van der Waals surface area contributed by atoms with Crippen molar-refractivity contribution in [3.63, 3.8) is 0 Å². The lowest BCUT2D eigenvalue weighted by atomic mass is 9.74. The van der Waals surface area contributed by atoms with Crippen molar-refractivity contribution in [1.29, 1.82) is 0 Å². The molecule has 0 saturated heterocycles. The van der Waals surface area contributed by atoms with Crippen LogP contribution in [0.15, 0.2) is 23.3 Å². The van der Waals surface area contributed by atoms with Crippen molar-refractivity contribution in [3.05, 3.63) is 23.3 Å². The van der Waals surface area contributed by atoms with Gasteiger partial charge < -0.3 is 15.3 Å². The van der Waals surface area contributed by atoms with E-state index in [2.05, 4.69) is 0 Å². The van der Waals surface area contributed by atoms with Crippen LogP contribution in [-0.4, -0.2) is 33.9 Å². The van der Waals surface area contributed by atoms with Gasteiger partial charge in [-0.2, -0.15) is 0 Å². The molecule has 88 valence electrons. The Morgan fingerprint density at radius 1 is 1.44 bits per heavy atom. The van der Waals surface area contributed by atoms with E-state index in [1.807, 2.05) is 0 Å². The molecule has 0 radical (unpaired) electrons. The molecule has 0 amide bonds. The predicted octanol–water partition coefficient (Wildman–Crippen LogP) is 0.801. The molecule has 1 aliphatic carbocycles. The quantitative estimate of drug-likeness (QED) is 0.659. The highest BCUT2D eigenvalue weighted by Crippen LogP contribution is 2.37. The van der Waals surface area contributed by atoms with Crippen LogP contribution < -0.4 is 0 Å². The lowest BCUT2D eigenvalue weighted by Gasteiger charge is -2.29. The molecule has 1 unspecified atom stereocenters. The number of carbonyl (C=O) groups is 2. The SMILES string of the molecule is CC1=C(C(=O)O)CC(CCO)(C(=O)O)C=C1. The molecule has 0 aromatic carbocycles. The third-order valence-corrected chi connectivity index (χ3v) is 2.86. The van der Waals surface area contributed by atoms with E-state index in [-0.39, 0.29) is 25.0 Å². The van der Waals surface area contributed by atoms with Gasteiger partial charge in [0.05, 0.1) is 5.41 Å². The number of rotatable bonds is 4. The summed E-state index contributed by atoms with van der Waals surface area (Å²) in [7, 11) is 0. The van der Waals surface area contributed by atoms with Crippen molar-refractivity contribution in [3.8, 4) is 0 Å². The molecule has 16 heavy (non-hydrogen) atoms. The summed E-state index contributed by atoms with van der Waals surface area (Å²) in [6.07, 6.45) is 2.90. The zero-order valence-corrected chi connectivity index (χ0v) is 8.93. The Hall–Kier alpha value is -1.62. The van der Waals surface area contributed by atoms with Crippen LogP contribution in [-0.2, 0) is 9.59 Å². The summed E-state index contributed by atoms with van der Waals surface area (Å²) >= 11 is 0. The highest BCUT2D eigenvalue weighted by atomic mass is 16.4. The van der Waals surface area contributed by atoms with Crippen molar-refractivity contribution in [2.75, 3.05) is 6.61 Å². The van der Waals surface area contributed by atoms with E-state index in [1.54, 1.807) is 6.92 Å². The number of aliphatic carboxylic acids is 2. The summed E-state index contributed by atoms with van der Waals surface area (Å²) in [5.74, 6) is -2.21. The van der Waals surface area contributed by atoms with E-state index in [1.165, 1.54) is 12.2 Å². The fourth-order valence-electron chi connectivity index (χ4n) is 1.77. The first kappa shape index (κ1) is 12.4. The minimum absolute atomic E-state index is 0.0168. The van der Waals surface area contributed by atoms with Gasteiger partial charge in [0, 0.05) is 12.2 Å². The van der Waals surface area contributed by atoms with Crippen molar-refractivity contribution in [1.82, 2.24) is 0 Å². The molecular weight excluding hydrogens is 212 g/mol. The second-order valence-corrected chi connectivity index (χ2v) is 3.91. The molecule has 0 saturated carbocycles. The number of allylic oxidation sites excluding steroid dienone is 2.